The third kappa shape index (κ3) is 5.79. The van der Waals surface area contributed by atoms with Gasteiger partial charge in [0.1, 0.15) is 0 Å². The molecule has 0 aliphatic heterocycles. The normalized spacial score (nSPS) is 10.2. The molecule has 4 N–H and O–H groups in total. The molecule has 152 valence electrons. The summed E-state index contributed by atoms with van der Waals surface area (Å²) in [6, 6.07) is 12.3. The minimum atomic E-state index is 0.685. The molecule has 0 heterocycles. The predicted molar refractivity (Wildman–Crippen MR) is 130 cm³/mol. The summed E-state index contributed by atoms with van der Waals surface area (Å²) in [6.07, 6.45) is 8.18. The minimum Gasteiger partial charge on any atom is -0.398 e. The van der Waals surface area contributed by atoms with Gasteiger partial charge in [0.2, 0.25) is 0 Å². The Labute approximate surface area is 175 Å². The lowest BCUT2D eigenvalue weighted by atomic mass is 10.0. The first-order chi connectivity index (χ1) is 14.0. The number of anilines is 4. The lowest BCUT2D eigenvalue weighted by molar-refractivity contribution is 0.954. The van der Waals surface area contributed by atoms with Crippen LogP contribution in [0.2, 0.25) is 0 Å². The van der Waals surface area contributed by atoms with Crippen LogP contribution in [-0.4, -0.2) is 26.2 Å². The van der Waals surface area contributed by atoms with Gasteiger partial charge in [-0.15, -0.1) is 26.3 Å². The SMILES string of the molecule is C=CCN(CC=C)c1ccc(Cc2ccc(N(CC=C)CC=C)cc2N)c(N)c1. The quantitative estimate of drug-likeness (QED) is 0.405. The van der Waals surface area contributed by atoms with E-state index < -0.39 is 0 Å². The first-order valence-electron chi connectivity index (χ1n) is 9.74. The molecule has 2 rings (SSSR count). The maximum atomic E-state index is 6.36. The summed E-state index contributed by atoms with van der Waals surface area (Å²) in [6.45, 7) is 18.2. The van der Waals surface area contributed by atoms with Crippen LogP contribution in [0.25, 0.3) is 0 Å². The van der Waals surface area contributed by atoms with Gasteiger partial charge in [-0.2, -0.15) is 0 Å². The maximum Gasteiger partial charge on any atom is 0.0392 e. The number of nitrogens with two attached hydrogens (primary N) is 2. The fraction of sp³-hybridized carbons (Fsp3) is 0.200. The summed E-state index contributed by atoms with van der Waals surface area (Å²) >= 11 is 0. The Hall–Kier alpha value is -3.40. The van der Waals surface area contributed by atoms with Gasteiger partial charge in [-0.05, 0) is 35.4 Å². The predicted octanol–water partition coefficient (Wildman–Crippen LogP) is 4.80. The highest BCUT2D eigenvalue weighted by molar-refractivity contribution is 5.65. The third-order valence-corrected chi connectivity index (χ3v) is 4.77. The van der Waals surface area contributed by atoms with Crippen molar-refractivity contribution >= 4 is 22.7 Å². The Balaban J connectivity index is 2.22. The molecule has 0 fully saturated rings. The summed E-state index contributed by atoms with van der Waals surface area (Å²) in [5.41, 5.74) is 18.4. The molecule has 2 aromatic rings. The molecule has 4 heteroatoms. The summed E-state index contributed by atoms with van der Waals surface area (Å²) in [4.78, 5) is 4.33. The molecule has 0 radical (unpaired) electrons. The lowest BCUT2D eigenvalue weighted by Gasteiger charge is -2.23. The smallest absolute Gasteiger partial charge is 0.0392 e. The molecule has 0 bridgehead atoms. The van der Waals surface area contributed by atoms with Gasteiger partial charge in [0.25, 0.3) is 0 Å². The van der Waals surface area contributed by atoms with Crippen molar-refractivity contribution in [2.75, 3.05) is 47.4 Å². The Morgan fingerprint density at radius 3 is 1.24 bits per heavy atom. The van der Waals surface area contributed by atoms with E-state index in [1.165, 1.54) is 0 Å². The van der Waals surface area contributed by atoms with E-state index in [2.05, 4.69) is 60.4 Å². The molecule has 0 unspecified atom stereocenters. The van der Waals surface area contributed by atoms with Crippen molar-refractivity contribution < 1.29 is 0 Å². The van der Waals surface area contributed by atoms with Gasteiger partial charge in [-0.3, -0.25) is 0 Å². The molecular formula is C25H32N4. The fourth-order valence-corrected chi connectivity index (χ4v) is 3.28. The van der Waals surface area contributed by atoms with Crippen molar-refractivity contribution in [1.29, 1.82) is 0 Å². The number of nitrogens with zero attached hydrogens (tertiary/aromatic N) is 2. The lowest BCUT2D eigenvalue weighted by Crippen LogP contribution is -2.23. The second-order valence-corrected chi connectivity index (χ2v) is 6.91. The molecule has 29 heavy (non-hydrogen) atoms. The zero-order chi connectivity index (χ0) is 21.2. The first-order valence-corrected chi connectivity index (χ1v) is 9.74. The van der Waals surface area contributed by atoms with E-state index >= 15 is 0 Å². The highest BCUT2D eigenvalue weighted by Crippen LogP contribution is 2.28. The van der Waals surface area contributed by atoms with E-state index in [0.29, 0.717) is 6.42 Å². The minimum absolute atomic E-state index is 0.685. The van der Waals surface area contributed by atoms with E-state index in [1.54, 1.807) is 0 Å². The molecule has 0 amide bonds. The van der Waals surface area contributed by atoms with Crippen LogP contribution in [0.4, 0.5) is 22.7 Å². The van der Waals surface area contributed by atoms with E-state index in [0.717, 1.165) is 60.1 Å². The zero-order valence-corrected chi connectivity index (χ0v) is 17.2. The molecule has 0 spiro atoms. The van der Waals surface area contributed by atoms with Crippen LogP contribution >= 0.6 is 0 Å². The molecule has 0 saturated carbocycles. The summed E-state index contributed by atoms with van der Waals surface area (Å²) < 4.78 is 0. The number of benzene rings is 2. The Kier molecular flexibility index (Phi) is 8.16. The van der Waals surface area contributed by atoms with Crippen LogP contribution in [0.15, 0.2) is 87.0 Å². The molecule has 0 aromatic heterocycles. The van der Waals surface area contributed by atoms with Gasteiger partial charge in [-0.1, -0.05) is 36.4 Å². The molecule has 4 nitrogen and oxygen atoms in total. The molecular weight excluding hydrogens is 356 g/mol. The van der Waals surface area contributed by atoms with Gasteiger partial charge in [-0.25, -0.2) is 0 Å². The third-order valence-electron chi connectivity index (χ3n) is 4.77. The maximum absolute atomic E-state index is 6.36. The largest absolute Gasteiger partial charge is 0.398 e. The molecule has 0 saturated heterocycles. The highest BCUT2D eigenvalue weighted by atomic mass is 15.1. The van der Waals surface area contributed by atoms with Gasteiger partial charge in [0.15, 0.2) is 0 Å². The second kappa shape index (κ2) is 10.8. The molecule has 2 aromatic carbocycles. The van der Waals surface area contributed by atoms with E-state index in [1.807, 2.05) is 36.4 Å². The number of rotatable bonds is 12. The average molecular weight is 389 g/mol. The van der Waals surface area contributed by atoms with Crippen molar-refractivity contribution in [3.8, 4) is 0 Å². The van der Waals surface area contributed by atoms with Crippen LogP contribution in [-0.2, 0) is 6.42 Å². The van der Waals surface area contributed by atoms with Gasteiger partial charge >= 0.3 is 0 Å². The fourth-order valence-electron chi connectivity index (χ4n) is 3.28. The van der Waals surface area contributed by atoms with Crippen molar-refractivity contribution in [3.63, 3.8) is 0 Å². The Bertz CT molecular complexity index is 778. The van der Waals surface area contributed by atoms with Crippen LogP contribution in [0.1, 0.15) is 11.1 Å². The molecule has 0 aliphatic rings. The first kappa shape index (κ1) is 21.9. The standard InChI is InChI=1S/C25H32N4/c1-5-13-28(14-6-2)22-11-9-20(24(26)18-22)17-21-10-12-23(19-25(21)27)29(15-7-3)16-8-4/h5-12,18-19H,1-4,13-17,26-27H2. The van der Waals surface area contributed by atoms with Gasteiger partial charge in [0, 0.05) is 55.3 Å². The van der Waals surface area contributed by atoms with Crippen molar-refractivity contribution in [1.82, 2.24) is 0 Å². The Morgan fingerprint density at radius 1 is 0.621 bits per heavy atom. The molecule has 0 aliphatic carbocycles. The summed E-state index contributed by atoms with van der Waals surface area (Å²) in [5.74, 6) is 0. The van der Waals surface area contributed by atoms with Crippen molar-refractivity contribution in [2.45, 2.75) is 6.42 Å². The second-order valence-electron chi connectivity index (χ2n) is 6.91. The van der Waals surface area contributed by atoms with Crippen LogP contribution in [0, 0.1) is 0 Å². The molecule has 0 atom stereocenters. The van der Waals surface area contributed by atoms with E-state index in [9.17, 15) is 0 Å². The van der Waals surface area contributed by atoms with Crippen molar-refractivity contribution in [2.24, 2.45) is 0 Å². The van der Waals surface area contributed by atoms with Crippen LogP contribution in [0.5, 0.6) is 0 Å². The van der Waals surface area contributed by atoms with Gasteiger partial charge in [0.05, 0.1) is 0 Å². The van der Waals surface area contributed by atoms with E-state index in [4.69, 9.17) is 11.5 Å². The number of hydrogen-bond donors (Lipinski definition) is 2. The monoisotopic (exact) mass is 388 g/mol. The average Bonchev–Trinajstić information content (AvgIpc) is 2.70. The van der Waals surface area contributed by atoms with E-state index in [-0.39, 0.29) is 0 Å². The zero-order valence-electron chi connectivity index (χ0n) is 17.2. The summed E-state index contributed by atoms with van der Waals surface area (Å²) in [7, 11) is 0. The van der Waals surface area contributed by atoms with Crippen LogP contribution < -0.4 is 21.3 Å². The summed E-state index contributed by atoms with van der Waals surface area (Å²) in [5, 5.41) is 0. The van der Waals surface area contributed by atoms with Gasteiger partial charge < -0.3 is 21.3 Å². The topological polar surface area (TPSA) is 58.5 Å². The Morgan fingerprint density at radius 2 is 0.966 bits per heavy atom. The highest BCUT2D eigenvalue weighted by Gasteiger charge is 2.10. The van der Waals surface area contributed by atoms with Crippen LogP contribution in [0.3, 0.4) is 0 Å². The number of nitrogen functional groups attached to an aromatic ring is 2. The number of hydrogen-bond acceptors (Lipinski definition) is 4. The van der Waals surface area contributed by atoms with Crippen molar-refractivity contribution in [3.05, 3.63) is 98.1 Å².